The molecule has 0 spiro atoms. The summed E-state index contributed by atoms with van der Waals surface area (Å²) in [7, 11) is 3.98. The van der Waals surface area contributed by atoms with E-state index in [2.05, 4.69) is 24.0 Å². The number of hydrogen-bond donors (Lipinski definition) is 0. The minimum Gasteiger partial charge on any atom is -0.459 e. The molecule has 0 aliphatic carbocycles. The second-order valence-electron chi connectivity index (χ2n) is 5.89. The number of halogens is 1. The van der Waals surface area contributed by atoms with Gasteiger partial charge in [-0.25, -0.2) is 4.98 Å². The zero-order chi connectivity index (χ0) is 17.1. The quantitative estimate of drug-likeness (QED) is 0.647. The number of carbonyl (C=O) groups is 1. The molecule has 0 saturated heterocycles. The van der Waals surface area contributed by atoms with E-state index in [9.17, 15) is 4.79 Å². The smallest absolute Gasteiger partial charge is 0.295 e. The fourth-order valence-corrected chi connectivity index (χ4v) is 3.46. The van der Waals surface area contributed by atoms with Gasteiger partial charge in [0.15, 0.2) is 10.9 Å². The Labute approximate surface area is 157 Å². The molecule has 1 aromatic carbocycles. The van der Waals surface area contributed by atoms with Gasteiger partial charge < -0.3 is 9.32 Å². The molecule has 0 aliphatic heterocycles. The van der Waals surface area contributed by atoms with E-state index in [0.29, 0.717) is 17.4 Å². The summed E-state index contributed by atoms with van der Waals surface area (Å²) >= 11 is 1.55. The van der Waals surface area contributed by atoms with Crippen molar-refractivity contribution in [3.05, 3.63) is 47.9 Å². The summed E-state index contributed by atoms with van der Waals surface area (Å²) in [5.41, 5.74) is 2.20. The zero-order valence-corrected chi connectivity index (χ0v) is 16.2. The maximum atomic E-state index is 12.8. The first-order valence-electron chi connectivity index (χ1n) is 7.98. The third-order valence-electron chi connectivity index (χ3n) is 3.83. The number of likely N-dealkylation sites (N-methyl/N-ethyl adjacent to an activating group) is 1. The third kappa shape index (κ3) is 4.39. The third-order valence-corrected chi connectivity index (χ3v) is 4.87. The molecule has 134 valence electrons. The highest BCUT2D eigenvalue weighted by molar-refractivity contribution is 7.22. The number of carbonyl (C=O) groups excluding carboxylic acids is 1. The van der Waals surface area contributed by atoms with Crippen LogP contribution in [0.3, 0.4) is 0 Å². The Balaban J connectivity index is 0.00000225. The molecule has 25 heavy (non-hydrogen) atoms. The highest BCUT2D eigenvalue weighted by atomic mass is 35.5. The van der Waals surface area contributed by atoms with E-state index in [1.54, 1.807) is 28.4 Å². The second kappa shape index (κ2) is 8.47. The SMILES string of the molecule is CCc1ccc2nc(N(CCN(C)C)C(=O)c3ccco3)sc2c1.Cl. The largest absolute Gasteiger partial charge is 0.459 e. The number of anilines is 1. The molecule has 0 aliphatic rings. The number of aryl methyl sites for hydroxylation is 1. The Morgan fingerprint density at radius 2 is 2.04 bits per heavy atom. The van der Waals surface area contributed by atoms with Gasteiger partial charge in [0.2, 0.25) is 0 Å². The van der Waals surface area contributed by atoms with Gasteiger partial charge in [-0.05, 0) is 50.3 Å². The summed E-state index contributed by atoms with van der Waals surface area (Å²) in [4.78, 5) is 21.2. The van der Waals surface area contributed by atoms with Crippen molar-refractivity contribution in [2.24, 2.45) is 0 Å². The van der Waals surface area contributed by atoms with Crippen LogP contribution in [0, 0.1) is 0 Å². The average molecular weight is 380 g/mol. The lowest BCUT2D eigenvalue weighted by Crippen LogP contribution is -2.36. The lowest BCUT2D eigenvalue weighted by atomic mass is 10.2. The van der Waals surface area contributed by atoms with Crippen LogP contribution < -0.4 is 4.90 Å². The van der Waals surface area contributed by atoms with Crippen LogP contribution in [0.5, 0.6) is 0 Å². The van der Waals surface area contributed by atoms with Crippen LogP contribution in [0.1, 0.15) is 23.0 Å². The van der Waals surface area contributed by atoms with E-state index < -0.39 is 0 Å². The number of furan rings is 1. The molecule has 3 rings (SSSR count). The number of fused-ring (bicyclic) bond motifs is 1. The highest BCUT2D eigenvalue weighted by Crippen LogP contribution is 2.30. The van der Waals surface area contributed by atoms with Gasteiger partial charge in [0, 0.05) is 13.1 Å². The van der Waals surface area contributed by atoms with Crippen molar-refractivity contribution in [2.75, 3.05) is 32.1 Å². The maximum absolute atomic E-state index is 12.8. The lowest BCUT2D eigenvalue weighted by molar-refractivity contribution is 0.0958. The predicted molar refractivity (Wildman–Crippen MR) is 105 cm³/mol. The summed E-state index contributed by atoms with van der Waals surface area (Å²) in [6.07, 6.45) is 2.50. The molecule has 0 bridgehead atoms. The molecule has 7 heteroatoms. The number of nitrogens with zero attached hydrogens (tertiary/aromatic N) is 3. The van der Waals surface area contributed by atoms with E-state index in [1.165, 1.54) is 11.8 Å². The minimum atomic E-state index is -0.156. The Morgan fingerprint density at radius 1 is 1.24 bits per heavy atom. The van der Waals surface area contributed by atoms with Crippen molar-refractivity contribution in [2.45, 2.75) is 13.3 Å². The summed E-state index contributed by atoms with van der Waals surface area (Å²) in [6, 6.07) is 9.68. The standard InChI is InChI=1S/C18H21N3O2S.ClH/c1-4-13-7-8-14-16(12-13)24-18(19-14)21(10-9-20(2)3)17(22)15-6-5-11-23-15;/h5-8,11-12H,4,9-10H2,1-3H3;1H. The molecule has 5 nitrogen and oxygen atoms in total. The van der Waals surface area contributed by atoms with Crippen molar-refractivity contribution in [1.82, 2.24) is 9.88 Å². The highest BCUT2D eigenvalue weighted by Gasteiger charge is 2.23. The van der Waals surface area contributed by atoms with E-state index in [1.807, 2.05) is 25.1 Å². The Kier molecular flexibility index (Phi) is 6.58. The van der Waals surface area contributed by atoms with Gasteiger partial charge in [-0.3, -0.25) is 9.69 Å². The Bertz CT molecular complexity index is 830. The molecule has 0 unspecified atom stereocenters. The topological polar surface area (TPSA) is 49.6 Å². The van der Waals surface area contributed by atoms with Crippen LogP contribution in [-0.4, -0.2) is 43.0 Å². The molecule has 0 atom stereocenters. The molecule has 1 amide bonds. The first kappa shape index (κ1) is 19.4. The number of rotatable bonds is 6. The Hall–Kier alpha value is -1.89. The summed E-state index contributed by atoms with van der Waals surface area (Å²) in [5.74, 6) is 0.180. The van der Waals surface area contributed by atoms with E-state index in [0.717, 1.165) is 23.2 Å². The fraction of sp³-hybridized carbons (Fsp3) is 0.333. The number of amides is 1. The maximum Gasteiger partial charge on any atom is 0.295 e. The van der Waals surface area contributed by atoms with E-state index in [-0.39, 0.29) is 18.3 Å². The van der Waals surface area contributed by atoms with Crippen LogP contribution in [-0.2, 0) is 6.42 Å². The van der Waals surface area contributed by atoms with Gasteiger partial charge in [-0.15, -0.1) is 12.4 Å². The van der Waals surface area contributed by atoms with Crippen LogP contribution in [0.2, 0.25) is 0 Å². The number of hydrogen-bond acceptors (Lipinski definition) is 5. The average Bonchev–Trinajstić information content (AvgIpc) is 3.23. The normalized spacial score (nSPS) is 10.9. The van der Waals surface area contributed by atoms with Crippen molar-refractivity contribution in [3.63, 3.8) is 0 Å². The molecule has 0 N–H and O–H groups in total. The molecular formula is C18H22ClN3O2S. The second-order valence-corrected chi connectivity index (χ2v) is 6.90. The summed E-state index contributed by atoms with van der Waals surface area (Å²) in [5, 5.41) is 0.710. The Morgan fingerprint density at radius 3 is 2.68 bits per heavy atom. The summed E-state index contributed by atoms with van der Waals surface area (Å²) in [6.45, 7) is 3.45. The predicted octanol–water partition coefficient (Wildman–Crippen LogP) is 4.08. The van der Waals surface area contributed by atoms with Crippen LogP contribution in [0.4, 0.5) is 5.13 Å². The van der Waals surface area contributed by atoms with Crippen molar-refractivity contribution >= 4 is 45.0 Å². The first-order valence-corrected chi connectivity index (χ1v) is 8.79. The molecule has 3 aromatic rings. The van der Waals surface area contributed by atoms with Crippen molar-refractivity contribution < 1.29 is 9.21 Å². The monoisotopic (exact) mass is 379 g/mol. The zero-order valence-electron chi connectivity index (χ0n) is 14.6. The first-order chi connectivity index (χ1) is 11.6. The lowest BCUT2D eigenvalue weighted by Gasteiger charge is -2.20. The minimum absolute atomic E-state index is 0. The fourth-order valence-electron chi connectivity index (χ4n) is 2.41. The number of aromatic nitrogens is 1. The molecular weight excluding hydrogens is 358 g/mol. The molecule has 0 radical (unpaired) electrons. The van der Waals surface area contributed by atoms with Gasteiger partial charge >= 0.3 is 0 Å². The van der Waals surface area contributed by atoms with Gasteiger partial charge in [-0.2, -0.15) is 0 Å². The van der Waals surface area contributed by atoms with Crippen LogP contribution in [0.25, 0.3) is 10.2 Å². The molecule has 0 saturated carbocycles. The van der Waals surface area contributed by atoms with Crippen LogP contribution >= 0.6 is 23.7 Å². The molecule has 2 heterocycles. The van der Waals surface area contributed by atoms with Gasteiger partial charge in [0.05, 0.1) is 16.5 Å². The number of thiazole rings is 1. The van der Waals surface area contributed by atoms with E-state index >= 15 is 0 Å². The van der Waals surface area contributed by atoms with Crippen molar-refractivity contribution in [1.29, 1.82) is 0 Å². The molecule has 0 fully saturated rings. The number of benzene rings is 1. The van der Waals surface area contributed by atoms with Crippen LogP contribution in [0.15, 0.2) is 41.0 Å². The van der Waals surface area contributed by atoms with Gasteiger partial charge in [0.1, 0.15) is 0 Å². The summed E-state index contributed by atoms with van der Waals surface area (Å²) < 4.78 is 6.39. The molecule has 2 aromatic heterocycles. The van der Waals surface area contributed by atoms with Gasteiger partial charge in [0.25, 0.3) is 5.91 Å². The van der Waals surface area contributed by atoms with Crippen molar-refractivity contribution in [3.8, 4) is 0 Å². The van der Waals surface area contributed by atoms with E-state index in [4.69, 9.17) is 4.42 Å². The van der Waals surface area contributed by atoms with Gasteiger partial charge in [-0.1, -0.05) is 24.3 Å².